The lowest BCUT2D eigenvalue weighted by atomic mass is 10.1. The first-order valence-electron chi connectivity index (χ1n) is 11.0. The number of hydrogen-bond donors (Lipinski definition) is 2. The van der Waals surface area contributed by atoms with Gasteiger partial charge in [-0.05, 0) is 44.0 Å². The van der Waals surface area contributed by atoms with E-state index < -0.39 is 0 Å². The van der Waals surface area contributed by atoms with Crippen LogP contribution in [0.25, 0.3) is 0 Å². The van der Waals surface area contributed by atoms with Crippen LogP contribution in [0.3, 0.4) is 0 Å². The molecular formula is C25H34IN5O2. The van der Waals surface area contributed by atoms with Gasteiger partial charge in [-0.1, -0.05) is 30.3 Å². The van der Waals surface area contributed by atoms with Crippen molar-refractivity contribution in [2.75, 3.05) is 20.2 Å². The van der Waals surface area contributed by atoms with Gasteiger partial charge in [-0.25, -0.2) is 9.98 Å². The highest BCUT2D eigenvalue weighted by atomic mass is 127. The number of hydrogen-bond acceptors (Lipinski definition) is 4. The Balaban J connectivity index is 0.00000385. The molecule has 0 saturated heterocycles. The van der Waals surface area contributed by atoms with Crippen molar-refractivity contribution in [3.63, 3.8) is 0 Å². The molecular weight excluding hydrogens is 529 g/mol. The van der Waals surface area contributed by atoms with Gasteiger partial charge in [-0.2, -0.15) is 0 Å². The molecule has 1 unspecified atom stereocenters. The molecule has 0 fully saturated rings. The number of halogens is 1. The maximum absolute atomic E-state index is 5.99. The van der Waals surface area contributed by atoms with E-state index in [-0.39, 0.29) is 30.1 Å². The van der Waals surface area contributed by atoms with E-state index in [1.165, 1.54) is 5.56 Å². The van der Waals surface area contributed by atoms with Gasteiger partial charge in [0.05, 0.1) is 20.2 Å². The zero-order valence-corrected chi connectivity index (χ0v) is 22.1. The van der Waals surface area contributed by atoms with Crippen LogP contribution in [-0.4, -0.2) is 41.8 Å². The Bertz CT molecular complexity index is 1020. The number of aromatic nitrogens is 2. The minimum atomic E-state index is -0.0345. The summed E-state index contributed by atoms with van der Waals surface area (Å²) in [7, 11) is 1.65. The number of nitrogens with one attached hydrogen (secondary N) is 2. The fraction of sp³-hybridized carbons (Fsp3) is 0.360. The van der Waals surface area contributed by atoms with Crippen LogP contribution < -0.4 is 20.1 Å². The highest BCUT2D eigenvalue weighted by Gasteiger charge is 2.07. The molecule has 2 N–H and O–H groups in total. The summed E-state index contributed by atoms with van der Waals surface area (Å²) in [5, 5.41) is 6.67. The van der Waals surface area contributed by atoms with E-state index >= 15 is 0 Å². The van der Waals surface area contributed by atoms with Crippen LogP contribution in [0.5, 0.6) is 11.5 Å². The molecule has 2 aromatic carbocycles. The Hall–Kier alpha value is -2.75. The van der Waals surface area contributed by atoms with Crippen molar-refractivity contribution in [2.24, 2.45) is 4.99 Å². The molecule has 0 aliphatic carbocycles. The second kappa shape index (κ2) is 13.7. The topological polar surface area (TPSA) is 72.7 Å². The van der Waals surface area contributed by atoms with Crippen LogP contribution in [0.1, 0.15) is 30.8 Å². The molecule has 8 heteroatoms. The van der Waals surface area contributed by atoms with E-state index in [1.807, 2.05) is 50.5 Å². The fourth-order valence-electron chi connectivity index (χ4n) is 3.29. The maximum atomic E-state index is 5.99. The summed E-state index contributed by atoms with van der Waals surface area (Å²) in [4.78, 5) is 9.04. The zero-order chi connectivity index (χ0) is 22.8. The van der Waals surface area contributed by atoms with E-state index in [1.54, 1.807) is 7.11 Å². The Labute approximate surface area is 213 Å². The normalized spacial score (nSPS) is 11.9. The SMILES string of the molecule is CCNC(=NCc1cccc(Cn2ccnc2C)c1)NCC(C)Oc1cccc(OC)c1.I. The molecule has 33 heavy (non-hydrogen) atoms. The molecule has 3 aromatic rings. The van der Waals surface area contributed by atoms with E-state index in [2.05, 4.69) is 51.4 Å². The second-order valence-electron chi connectivity index (χ2n) is 7.61. The number of aryl methyl sites for hydroxylation is 1. The predicted octanol–water partition coefficient (Wildman–Crippen LogP) is 4.39. The van der Waals surface area contributed by atoms with Crippen LogP contribution in [-0.2, 0) is 13.1 Å². The minimum absolute atomic E-state index is 0. The molecule has 0 spiro atoms. The predicted molar refractivity (Wildman–Crippen MR) is 144 cm³/mol. The average Bonchev–Trinajstić information content (AvgIpc) is 3.20. The highest BCUT2D eigenvalue weighted by Crippen LogP contribution is 2.19. The lowest BCUT2D eigenvalue weighted by Gasteiger charge is -2.18. The highest BCUT2D eigenvalue weighted by molar-refractivity contribution is 14.0. The van der Waals surface area contributed by atoms with Gasteiger partial charge in [0.15, 0.2) is 5.96 Å². The van der Waals surface area contributed by atoms with Gasteiger partial charge in [0.25, 0.3) is 0 Å². The maximum Gasteiger partial charge on any atom is 0.191 e. The summed E-state index contributed by atoms with van der Waals surface area (Å²) >= 11 is 0. The molecule has 0 aliphatic rings. The van der Waals surface area contributed by atoms with Gasteiger partial charge in [0.1, 0.15) is 23.4 Å². The molecule has 0 bridgehead atoms. The van der Waals surface area contributed by atoms with Crippen molar-refractivity contribution in [1.82, 2.24) is 20.2 Å². The number of methoxy groups -OCH3 is 1. The van der Waals surface area contributed by atoms with Gasteiger partial charge in [0, 0.05) is 31.5 Å². The Morgan fingerprint density at radius 3 is 2.58 bits per heavy atom. The first-order chi connectivity index (χ1) is 15.6. The summed E-state index contributed by atoms with van der Waals surface area (Å²) in [6.07, 6.45) is 3.80. The molecule has 0 aliphatic heterocycles. The quantitative estimate of drug-likeness (QED) is 0.218. The number of ether oxygens (including phenoxy) is 2. The number of imidazole rings is 1. The summed E-state index contributed by atoms with van der Waals surface area (Å²) < 4.78 is 13.4. The summed E-state index contributed by atoms with van der Waals surface area (Å²) in [5.74, 6) is 3.34. The largest absolute Gasteiger partial charge is 0.497 e. The Morgan fingerprint density at radius 2 is 1.85 bits per heavy atom. The summed E-state index contributed by atoms with van der Waals surface area (Å²) in [5.41, 5.74) is 2.40. The third-order valence-electron chi connectivity index (χ3n) is 4.97. The van der Waals surface area contributed by atoms with Gasteiger partial charge >= 0.3 is 0 Å². The molecule has 0 amide bonds. The molecule has 1 heterocycles. The second-order valence-corrected chi connectivity index (χ2v) is 7.61. The van der Waals surface area contributed by atoms with Crippen molar-refractivity contribution in [3.8, 4) is 11.5 Å². The van der Waals surface area contributed by atoms with Crippen LogP contribution in [0.2, 0.25) is 0 Å². The Morgan fingerprint density at radius 1 is 1.09 bits per heavy atom. The first-order valence-corrected chi connectivity index (χ1v) is 11.0. The molecule has 3 rings (SSSR count). The summed E-state index contributed by atoms with van der Waals surface area (Å²) in [6, 6.07) is 16.1. The third-order valence-corrected chi connectivity index (χ3v) is 4.97. The molecule has 7 nitrogen and oxygen atoms in total. The first kappa shape index (κ1) is 26.5. The molecule has 0 radical (unpaired) electrons. The smallest absolute Gasteiger partial charge is 0.191 e. The van der Waals surface area contributed by atoms with Crippen LogP contribution in [0.15, 0.2) is 65.9 Å². The summed E-state index contributed by atoms with van der Waals surface area (Å²) in [6.45, 7) is 8.92. The lowest BCUT2D eigenvalue weighted by Crippen LogP contribution is -2.41. The zero-order valence-electron chi connectivity index (χ0n) is 19.7. The van der Waals surface area contributed by atoms with Crippen LogP contribution >= 0.6 is 24.0 Å². The van der Waals surface area contributed by atoms with Crippen molar-refractivity contribution in [1.29, 1.82) is 0 Å². The average molecular weight is 563 g/mol. The van der Waals surface area contributed by atoms with E-state index in [0.29, 0.717) is 13.1 Å². The van der Waals surface area contributed by atoms with Gasteiger partial charge in [-0.15, -0.1) is 24.0 Å². The monoisotopic (exact) mass is 563 g/mol. The fourth-order valence-corrected chi connectivity index (χ4v) is 3.29. The van der Waals surface area contributed by atoms with Gasteiger partial charge in [-0.3, -0.25) is 0 Å². The van der Waals surface area contributed by atoms with E-state index in [9.17, 15) is 0 Å². The molecule has 178 valence electrons. The number of aliphatic imine (C=N–C) groups is 1. The van der Waals surface area contributed by atoms with Crippen molar-refractivity contribution in [2.45, 2.75) is 40.0 Å². The van der Waals surface area contributed by atoms with Crippen molar-refractivity contribution < 1.29 is 9.47 Å². The standard InChI is InChI=1S/C25H33N5O2.HI/c1-5-26-25(28-16-19(2)32-24-11-7-10-23(15-24)31-4)29-17-21-8-6-9-22(14-21)18-30-13-12-27-20(30)3;/h6-15,19H,5,16-18H2,1-4H3,(H2,26,28,29);1H. The lowest BCUT2D eigenvalue weighted by molar-refractivity contribution is 0.223. The Kier molecular flexibility index (Phi) is 11.0. The number of rotatable bonds is 10. The van der Waals surface area contributed by atoms with Crippen molar-refractivity contribution in [3.05, 3.63) is 77.9 Å². The minimum Gasteiger partial charge on any atom is -0.497 e. The third kappa shape index (κ3) is 8.60. The van der Waals surface area contributed by atoms with Crippen molar-refractivity contribution >= 4 is 29.9 Å². The van der Waals surface area contributed by atoms with Crippen LogP contribution in [0, 0.1) is 6.92 Å². The molecule has 1 aromatic heterocycles. The van der Waals surface area contributed by atoms with E-state index in [0.717, 1.165) is 41.9 Å². The number of guanidine groups is 1. The van der Waals surface area contributed by atoms with Gasteiger partial charge < -0.3 is 24.7 Å². The number of nitrogens with zero attached hydrogens (tertiary/aromatic N) is 3. The van der Waals surface area contributed by atoms with Crippen LogP contribution in [0.4, 0.5) is 0 Å². The van der Waals surface area contributed by atoms with Gasteiger partial charge in [0.2, 0.25) is 0 Å². The molecule has 1 atom stereocenters. The number of benzene rings is 2. The van der Waals surface area contributed by atoms with E-state index in [4.69, 9.17) is 14.5 Å². The molecule has 0 saturated carbocycles.